The Morgan fingerprint density at radius 2 is 0.489 bits per heavy atom. The first-order valence-corrected chi connectivity index (χ1v) is 25.1. The summed E-state index contributed by atoms with van der Waals surface area (Å²) in [5, 5.41) is 22.1. The predicted octanol–water partition coefficient (Wildman–Crippen LogP) is 22.0. The number of nitriles is 2. The van der Waals surface area contributed by atoms with Gasteiger partial charge in [0.2, 0.25) is 5.69 Å². The summed E-state index contributed by atoms with van der Waals surface area (Å²) in [6.07, 6.45) is -29.9. The second-order valence-corrected chi connectivity index (χ2v) is 19.0. The minimum absolute atomic E-state index is 0.268. The normalized spacial score (nSPS) is 12.2. The minimum Gasteiger partial charge on any atom is -0.318 e. The summed E-state index contributed by atoms with van der Waals surface area (Å²) in [7, 11) is 0. The van der Waals surface area contributed by atoms with Gasteiger partial charge in [-0.3, -0.25) is 0 Å². The van der Waals surface area contributed by atoms with E-state index in [4.69, 9.17) is 6.57 Å². The molecule has 0 aliphatic rings. The summed E-state index contributed by atoms with van der Waals surface area (Å²) in [4.78, 5) is 7.52. The van der Waals surface area contributed by atoms with E-state index in [1.54, 1.807) is 0 Å². The molecule has 0 atom stereocenters. The third kappa shape index (κ3) is 13.1. The van der Waals surface area contributed by atoms with Crippen molar-refractivity contribution in [3.05, 3.63) is 256 Å². The van der Waals surface area contributed by atoms with Crippen molar-refractivity contribution < 1.29 is 79.0 Å². The zero-order valence-corrected chi connectivity index (χ0v) is 44.0. The van der Waals surface area contributed by atoms with E-state index in [1.807, 2.05) is 12.1 Å². The fourth-order valence-electron chi connectivity index (χ4n) is 9.48. The minimum atomic E-state index is -4.99. The molecule has 0 aliphatic carbocycles. The highest BCUT2D eigenvalue weighted by atomic mass is 19.4. The smallest absolute Gasteiger partial charge is 0.318 e. The lowest BCUT2D eigenvalue weighted by atomic mass is 10.0. The fourth-order valence-corrected chi connectivity index (χ4v) is 9.48. The summed E-state index contributed by atoms with van der Waals surface area (Å²) >= 11 is 0. The van der Waals surface area contributed by atoms with Crippen LogP contribution in [0.2, 0.25) is 0 Å². The van der Waals surface area contributed by atoms with Gasteiger partial charge in [-0.1, -0.05) is 36.4 Å². The van der Waals surface area contributed by atoms with Crippen LogP contribution in [0.15, 0.2) is 200 Å². The second kappa shape index (κ2) is 23.3. The quantitative estimate of drug-likeness (QED) is 0.0897. The van der Waals surface area contributed by atoms with E-state index in [2.05, 4.69) is 4.85 Å². The molecule has 446 valence electrons. The molecule has 0 aliphatic heterocycles. The van der Waals surface area contributed by atoms with Crippen LogP contribution in [0, 0.1) is 29.2 Å². The highest BCUT2D eigenvalue weighted by Crippen LogP contribution is 2.51. The van der Waals surface area contributed by atoms with E-state index in [0.717, 1.165) is 147 Å². The van der Waals surface area contributed by atoms with Gasteiger partial charge >= 0.3 is 37.1 Å². The van der Waals surface area contributed by atoms with Crippen LogP contribution >= 0.6 is 0 Å². The molecule has 9 aromatic carbocycles. The Hall–Kier alpha value is -10.6. The molecule has 0 heterocycles. The van der Waals surface area contributed by atoms with Crippen molar-refractivity contribution in [2.75, 3.05) is 19.6 Å². The molecule has 0 amide bonds. The van der Waals surface area contributed by atoms with Gasteiger partial charge in [-0.2, -0.15) is 89.6 Å². The van der Waals surface area contributed by atoms with Crippen LogP contribution in [0.5, 0.6) is 0 Å². The maximum absolute atomic E-state index is 14.3. The zero-order valence-electron chi connectivity index (χ0n) is 44.0. The predicted molar refractivity (Wildman–Crippen MR) is 291 cm³/mol. The molecular formula is C63H33F18N7. The van der Waals surface area contributed by atoms with Gasteiger partial charge in [-0.15, -0.1) is 0 Å². The highest BCUT2D eigenvalue weighted by molar-refractivity contribution is 5.94. The average molecular weight is 1230 g/mol. The first-order chi connectivity index (χ1) is 41.3. The lowest BCUT2D eigenvalue weighted by Gasteiger charge is -2.32. The number of alkyl halides is 18. The van der Waals surface area contributed by atoms with Crippen LogP contribution in [-0.4, -0.2) is 0 Å². The molecule has 0 bridgehead atoms. The summed E-state index contributed by atoms with van der Waals surface area (Å²) in [6.45, 7) is 8.50. The number of hydrogen-bond donors (Lipinski definition) is 0. The molecule has 0 saturated heterocycles. The monoisotopic (exact) mass is 1230 g/mol. The molecule has 9 rings (SSSR count). The van der Waals surface area contributed by atoms with Crippen molar-refractivity contribution in [1.29, 1.82) is 10.5 Å². The van der Waals surface area contributed by atoms with E-state index < -0.39 is 87.3 Å². The van der Waals surface area contributed by atoms with Gasteiger partial charge in [-0.25, -0.2) is 4.85 Å². The van der Waals surface area contributed by atoms with Crippen molar-refractivity contribution >= 4 is 73.9 Å². The first-order valence-electron chi connectivity index (χ1n) is 25.1. The summed E-state index contributed by atoms with van der Waals surface area (Å²) in [5.74, 6) is 0. The molecule has 0 N–H and O–H groups in total. The highest BCUT2D eigenvalue weighted by Gasteiger charge is 2.37. The standard InChI is InChI=1S/C63H33F18N7/c1-84-54-34-53(87(49-18-6-12-43(32-49)62(76,77)78)50-19-7-13-44(33-50)63(79,80)81)22-25-57(54)88(55-23-20-51(26-37(55)35-82)85(45-14-2-8-39(28-45)58(64,65)66)46-15-3-9-40(29-46)59(67,68)69)56-24-21-52(27-38(56)36-83)86(47-16-4-10-41(30-47)60(70,71)72)48-17-5-11-42(31-48)61(73,74)75/h2-34H. The average Bonchev–Trinajstić information content (AvgIpc) is 1.06. The van der Waals surface area contributed by atoms with Crippen molar-refractivity contribution in [1.82, 2.24) is 0 Å². The lowest BCUT2D eigenvalue weighted by Crippen LogP contribution is -2.17. The Labute approximate surface area is 487 Å². The molecule has 0 saturated carbocycles. The zero-order chi connectivity index (χ0) is 63.9. The molecule has 0 spiro atoms. The van der Waals surface area contributed by atoms with Gasteiger partial charge in [0.05, 0.1) is 68.1 Å². The molecule has 7 nitrogen and oxygen atoms in total. The van der Waals surface area contributed by atoms with Crippen LogP contribution in [0.1, 0.15) is 44.5 Å². The molecule has 0 fully saturated rings. The van der Waals surface area contributed by atoms with Crippen LogP contribution in [0.4, 0.5) is 153 Å². The largest absolute Gasteiger partial charge is 0.416 e. The van der Waals surface area contributed by atoms with Gasteiger partial charge in [-0.05, 0) is 164 Å². The van der Waals surface area contributed by atoms with E-state index in [1.165, 1.54) is 0 Å². The molecule has 0 aromatic heterocycles. The van der Waals surface area contributed by atoms with Gasteiger partial charge < -0.3 is 19.6 Å². The lowest BCUT2D eigenvalue weighted by molar-refractivity contribution is -0.138. The van der Waals surface area contributed by atoms with Crippen LogP contribution in [0.3, 0.4) is 0 Å². The maximum atomic E-state index is 14.3. The topological polar surface area (TPSA) is 64.9 Å². The Morgan fingerprint density at radius 3 is 0.705 bits per heavy atom. The first kappa shape index (κ1) is 61.9. The molecule has 0 radical (unpaired) electrons. The summed E-state index contributed by atoms with van der Waals surface area (Å²) < 4.78 is 257. The van der Waals surface area contributed by atoms with Gasteiger partial charge in [0.15, 0.2) is 0 Å². The van der Waals surface area contributed by atoms with Crippen LogP contribution in [-0.2, 0) is 37.1 Å². The Morgan fingerprint density at radius 1 is 0.273 bits per heavy atom. The molecule has 0 unspecified atom stereocenters. The van der Waals surface area contributed by atoms with Crippen molar-refractivity contribution in [2.45, 2.75) is 37.1 Å². The number of anilines is 12. The summed E-state index contributed by atoms with van der Waals surface area (Å²) in [6, 6.07) is 33.9. The number of hydrogen-bond acceptors (Lipinski definition) is 6. The Kier molecular flexibility index (Phi) is 16.4. The number of halogens is 18. The third-order valence-electron chi connectivity index (χ3n) is 13.4. The van der Waals surface area contributed by atoms with Gasteiger partial charge in [0.25, 0.3) is 0 Å². The van der Waals surface area contributed by atoms with Gasteiger partial charge in [0.1, 0.15) is 12.1 Å². The van der Waals surface area contributed by atoms with E-state index in [9.17, 15) is 89.6 Å². The molecular weight excluding hydrogens is 1200 g/mol. The van der Waals surface area contributed by atoms with Gasteiger partial charge in [0, 0.05) is 51.2 Å². The molecule has 25 heteroatoms. The molecule has 9 aromatic rings. The van der Waals surface area contributed by atoms with E-state index in [0.29, 0.717) is 72.8 Å². The molecule has 88 heavy (non-hydrogen) atoms. The number of benzene rings is 9. The maximum Gasteiger partial charge on any atom is 0.416 e. The number of nitrogens with zero attached hydrogens (tertiary/aromatic N) is 7. The van der Waals surface area contributed by atoms with E-state index >= 15 is 0 Å². The summed E-state index contributed by atoms with van der Waals surface area (Å²) in [5.41, 5.74) is -13.2. The van der Waals surface area contributed by atoms with E-state index in [-0.39, 0.29) is 68.2 Å². The second-order valence-electron chi connectivity index (χ2n) is 19.0. The Bertz CT molecular complexity index is 3640. The van der Waals surface area contributed by atoms with Crippen molar-refractivity contribution in [3.8, 4) is 12.1 Å². The Balaban J connectivity index is 1.31. The SMILES string of the molecule is [C-]#[N+]c1cc(N(c2cccc(C(F)(F)F)c2)c2cccc(C(F)(F)F)c2)ccc1N(c1ccc(N(c2cccc(C(F)(F)F)c2)c2cccc(C(F)(F)F)c2)cc1C#N)c1ccc(N(c2cccc(C(F)(F)F)c2)c2cccc(C(F)(F)F)c2)cc1C#N. The number of rotatable bonds is 12. The van der Waals surface area contributed by atoms with Crippen LogP contribution < -0.4 is 19.6 Å². The third-order valence-corrected chi connectivity index (χ3v) is 13.4. The van der Waals surface area contributed by atoms with Crippen LogP contribution in [0.25, 0.3) is 4.85 Å². The fraction of sp³-hybridized carbons (Fsp3) is 0.0952. The van der Waals surface area contributed by atoms with Crippen molar-refractivity contribution in [3.63, 3.8) is 0 Å². The van der Waals surface area contributed by atoms with Crippen molar-refractivity contribution in [2.24, 2.45) is 0 Å².